The summed E-state index contributed by atoms with van der Waals surface area (Å²) in [6.07, 6.45) is 5.34. The Hall–Kier alpha value is -2.60. The molecule has 0 unspecified atom stereocenters. The molecule has 0 aliphatic carbocycles. The van der Waals surface area contributed by atoms with Gasteiger partial charge in [0, 0.05) is 30.4 Å². The number of imidazole rings is 1. The topological polar surface area (TPSA) is 59.0 Å². The van der Waals surface area contributed by atoms with E-state index in [2.05, 4.69) is 46.8 Å². The van der Waals surface area contributed by atoms with Crippen molar-refractivity contribution in [2.24, 2.45) is 0 Å². The van der Waals surface area contributed by atoms with Gasteiger partial charge in [-0.15, -0.1) is 11.3 Å². The van der Waals surface area contributed by atoms with Crippen LogP contribution in [0.4, 0.5) is 4.79 Å². The van der Waals surface area contributed by atoms with Gasteiger partial charge in [0.25, 0.3) is 0 Å². The number of hydrogen-bond donors (Lipinski definition) is 2. The minimum Gasteiger partial charge on any atom is -0.336 e. The van der Waals surface area contributed by atoms with Crippen LogP contribution in [0.3, 0.4) is 0 Å². The Morgan fingerprint density at radius 2 is 2.12 bits per heavy atom. The van der Waals surface area contributed by atoms with E-state index in [1.54, 1.807) is 23.9 Å². The Kier molecular flexibility index (Phi) is 5.28. The molecule has 124 valence electrons. The first-order valence-corrected chi connectivity index (χ1v) is 8.70. The van der Waals surface area contributed by atoms with E-state index in [1.807, 2.05) is 28.3 Å². The molecule has 24 heavy (non-hydrogen) atoms. The third kappa shape index (κ3) is 4.23. The lowest BCUT2D eigenvalue weighted by atomic mass is 10.0. The maximum atomic E-state index is 12.3. The number of aryl methyl sites for hydroxylation is 1. The van der Waals surface area contributed by atoms with E-state index in [-0.39, 0.29) is 12.1 Å². The second kappa shape index (κ2) is 7.79. The molecule has 0 radical (unpaired) electrons. The predicted molar refractivity (Wildman–Crippen MR) is 96.1 cm³/mol. The normalized spacial score (nSPS) is 11.9. The second-order valence-corrected chi connectivity index (χ2v) is 6.54. The Morgan fingerprint density at radius 1 is 1.29 bits per heavy atom. The molecule has 2 amide bonds. The standard InChI is InChI=1S/C18H20N4OS/c1-14-4-6-15(7-5-14)17(16-3-2-12-24-16)21-18(23)20-9-11-22-10-8-19-13-22/h2-8,10,12-13,17H,9,11H2,1H3,(H2,20,21,23)/t17-/m0/s1. The summed E-state index contributed by atoms with van der Waals surface area (Å²) < 4.78 is 1.93. The molecule has 0 aliphatic rings. The van der Waals surface area contributed by atoms with E-state index < -0.39 is 0 Å². The molecular weight excluding hydrogens is 320 g/mol. The number of carbonyl (C=O) groups is 1. The molecule has 0 aliphatic heterocycles. The zero-order valence-electron chi connectivity index (χ0n) is 13.5. The molecule has 6 heteroatoms. The number of aromatic nitrogens is 2. The minimum atomic E-state index is -0.172. The molecule has 5 nitrogen and oxygen atoms in total. The van der Waals surface area contributed by atoms with Crippen molar-refractivity contribution in [3.05, 3.63) is 76.5 Å². The highest BCUT2D eigenvalue weighted by Gasteiger charge is 2.17. The first-order chi connectivity index (χ1) is 11.7. The van der Waals surface area contributed by atoms with Crippen LogP contribution in [0.1, 0.15) is 22.0 Å². The van der Waals surface area contributed by atoms with Crippen LogP contribution in [0.15, 0.2) is 60.5 Å². The van der Waals surface area contributed by atoms with Gasteiger partial charge < -0.3 is 15.2 Å². The van der Waals surface area contributed by atoms with E-state index in [0.29, 0.717) is 13.1 Å². The van der Waals surface area contributed by atoms with Gasteiger partial charge in [0.2, 0.25) is 0 Å². The van der Waals surface area contributed by atoms with Crippen LogP contribution in [0, 0.1) is 6.92 Å². The number of thiophene rings is 1. The molecule has 1 aromatic carbocycles. The van der Waals surface area contributed by atoms with Gasteiger partial charge in [0.15, 0.2) is 0 Å². The molecule has 1 atom stereocenters. The number of nitrogens with one attached hydrogen (secondary N) is 2. The molecule has 0 saturated heterocycles. The predicted octanol–water partition coefficient (Wildman–Crippen LogP) is 3.34. The van der Waals surface area contributed by atoms with Crippen molar-refractivity contribution in [1.82, 2.24) is 20.2 Å². The Bertz CT molecular complexity index is 751. The maximum absolute atomic E-state index is 12.3. The summed E-state index contributed by atoms with van der Waals surface area (Å²) in [6, 6.07) is 12.0. The number of hydrogen-bond acceptors (Lipinski definition) is 3. The zero-order valence-corrected chi connectivity index (χ0v) is 14.3. The average Bonchev–Trinajstić information content (AvgIpc) is 3.27. The quantitative estimate of drug-likeness (QED) is 0.723. The number of rotatable bonds is 6. The Balaban J connectivity index is 1.63. The summed E-state index contributed by atoms with van der Waals surface area (Å²) in [5.74, 6) is 0. The summed E-state index contributed by atoms with van der Waals surface area (Å²) in [6.45, 7) is 3.30. The molecular formula is C18H20N4OS. The van der Waals surface area contributed by atoms with Gasteiger partial charge in [-0.25, -0.2) is 9.78 Å². The van der Waals surface area contributed by atoms with Gasteiger partial charge in [0.05, 0.1) is 12.4 Å². The van der Waals surface area contributed by atoms with Gasteiger partial charge in [-0.3, -0.25) is 0 Å². The highest BCUT2D eigenvalue weighted by Crippen LogP contribution is 2.26. The lowest BCUT2D eigenvalue weighted by Gasteiger charge is -2.19. The van der Waals surface area contributed by atoms with Crippen molar-refractivity contribution in [2.75, 3.05) is 6.54 Å². The van der Waals surface area contributed by atoms with Gasteiger partial charge in [-0.2, -0.15) is 0 Å². The largest absolute Gasteiger partial charge is 0.336 e. The number of urea groups is 1. The van der Waals surface area contributed by atoms with Crippen molar-refractivity contribution in [3.8, 4) is 0 Å². The van der Waals surface area contributed by atoms with Crippen molar-refractivity contribution in [1.29, 1.82) is 0 Å². The molecule has 0 bridgehead atoms. The minimum absolute atomic E-state index is 0.140. The van der Waals surface area contributed by atoms with Gasteiger partial charge in [-0.05, 0) is 23.9 Å². The summed E-state index contributed by atoms with van der Waals surface area (Å²) in [4.78, 5) is 17.4. The number of nitrogens with zero attached hydrogens (tertiary/aromatic N) is 2. The molecule has 2 N–H and O–H groups in total. The Labute approximate surface area is 145 Å². The maximum Gasteiger partial charge on any atom is 0.315 e. The van der Waals surface area contributed by atoms with Gasteiger partial charge >= 0.3 is 6.03 Å². The van der Waals surface area contributed by atoms with Crippen LogP contribution < -0.4 is 10.6 Å². The molecule has 3 aromatic rings. The summed E-state index contributed by atoms with van der Waals surface area (Å²) in [5.41, 5.74) is 2.28. The molecule has 0 spiro atoms. The van der Waals surface area contributed by atoms with Crippen LogP contribution in [0.5, 0.6) is 0 Å². The summed E-state index contributed by atoms with van der Waals surface area (Å²) >= 11 is 1.64. The third-order valence-electron chi connectivity index (χ3n) is 3.73. The van der Waals surface area contributed by atoms with Crippen molar-refractivity contribution >= 4 is 17.4 Å². The SMILES string of the molecule is Cc1ccc([C@H](NC(=O)NCCn2ccnc2)c2cccs2)cc1. The molecule has 0 fully saturated rings. The van der Waals surface area contributed by atoms with E-state index in [4.69, 9.17) is 0 Å². The monoisotopic (exact) mass is 340 g/mol. The molecule has 2 heterocycles. The van der Waals surface area contributed by atoms with Gasteiger partial charge in [0.1, 0.15) is 0 Å². The average molecular weight is 340 g/mol. The van der Waals surface area contributed by atoms with Gasteiger partial charge in [-0.1, -0.05) is 35.9 Å². The van der Waals surface area contributed by atoms with E-state index in [1.165, 1.54) is 5.56 Å². The molecule has 0 saturated carbocycles. The van der Waals surface area contributed by atoms with Crippen LogP contribution in [0.25, 0.3) is 0 Å². The van der Waals surface area contributed by atoms with Crippen LogP contribution in [-0.4, -0.2) is 22.1 Å². The zero-order chi connectivity index (χ0) is 16.8. The lowest BCUT2D eigenvalue weighted by Crippen LogP contribution is -2.39. The fourth-order valence-corrected chi connectivity index (χ4v) is 3.24. The van der Waals surface area contributed by atoms with Crippen LogP contribution in [0.2, 0.25) is 0 Å². The highest BCUT2D eigenvalue weighted by atomic mass is 32.1. The Morgan fingerprint density at radius 3 is 2.79 bits per heavy atom. The number of carbonyl (C=O) groups excluding carboxylic acids is 1. The molecule has 3 rings (SSSR count). The van der Waals surface area contributed by atoms with E-state index in [9.17, 15) is 4.79 Å². The van der Waals surface area contributed by atoms with E-state index >= 15 is 0 Å². The molecule has 2 aromatic heterocycles. The fraction of sp³-hybridized carbons (Fsp3) is 0.222. The lowest BCUT2D eigenvalue weighted by molar-refractivity contribution is 0.238. The number of amides is 2. The van der Waals surface area contributed by atoms with Crippen LogP contribution >= 0.6 is 11.3 Å². The first-order valence-electron chi connectivity index (χ1n) is 7.82. The smallest absolute Gasteiger partial charge is 0.315 e. The third-order valence-corrected chi connectivity index (χ3v) is 4.67. The fourth-order valence-electron chi connectivity index (χ4n) is 2.43. The summed E-state index contributed by atoms with van der Waals surface area (Å²) in [7, 11) is 0. The first kappa shape index (κ1) is 16.3. The second-order valence-electron chi connectivity index (χ2n) is 5.56. The van der Waals surface area contributed by atoms with Crippen molar-refractivity contribution in [3.63, 3.8) is 0 Å². The summed E-state index contributed by atoms with van der Waals surface area (Å²) in [5, 5.41) is 7.99. The number of benzene rings is 1. The highest BCUT2D eigenvalue weighted by molar-refractivity contribution is 7.10. The van der Waals surface area contributed by atoms with E-state index in [0.717, 1.165) is 10.4 Å². The van der Waals surface area contributed by atoms with Crippen molar-refractivity contribution in [2.45, 2.75) is 19.5 Å². The van der Waals surface area contributed by atoms with Crippen LogP contribution in [-0.2, 0) is 6.54 Å². The van der Waals surface area contributed by atoms with Crippen molar-refractivity contribution < 1.29 is 4.79 Å².